The first-order valence-corrected chi connectivity index (χ1v) is 5.40. The van der Waals surface area contributed by atoms with Crippen molar-refractivity contribution in [1.82, 2.24) is 15.0 Å². The Balaban J connectivity index is 2.63. The second kappa shape index (κ2) is 6.85. The van der Waals surface area contributed by atoms with Gasteiger partial charge in [0.25, 0.3) is 0 Å². The zero-order valence-electron chi connectivity index (χ0n) is 10.6. The molecule has 0 saturated carbocycles. The van der Waals surface area contributed by atoms with Crippen molar-refractivity contribution in [1.29, 1.82) is 0 Å². The minimum Gasteiger partial charge on any atom is -0.467 e. The second-order valence-corrected chi connectivity index (χ2v) is 3.66. The quantitative estimate of drug-likeness (QED) is 0.724. The summed E-state index contributed by atoms with van der Waals surface area (Å²) in [5.74, 6) is 1.34. The first kappa shape index (κ1) is 13.4. The zero-order chi connectivity index (χ0) is 12.7. The molecule has 0 spiro atoms. The molecule has 1 heterocycles. The van der Waals surface area contributed by atoms with Gasteiger partial charge in [0.15, 0.2) is 0 Å². The van der Waals surface area contributed by atoms with Gasteiger partial charge < -0.3 is 20.1 Å². The van der Waals surface area contributed by atoms with Crippen LogP contribution in [0.5, 0.6) is 6.01 Å². The summed E-state index contributed by atoms with van der Waals surface area (Å²) in [5.41, 5.74) is 0. The molecule has 17 heavy (non-hydrogen) atoms. The van der Waals surface area contributed by atoms with Crippen LogP contribution in [0.3, 0.4) is 0 Å². The van der Waals surface area contributed by atoms with Gasteiger partial charge >= 0.3 is 6.01 Å². The molecule has 1 aromatic rings. The summed E-state index contributed by atoms with van der Waals surface area (Å²) in [5, 5.41) is 5.96. The van der Waals surface area contributed by atoms with Gasteiger partial charge in [-0.05, 0) is 5.92 Å². The van der Waals surface area contributed by atoms with Crippen molar-refractivity contribution in [3.05, 3.63) is 0 Å². The lowest BCUT2D eigenvalue weighted by atomic mass is 10.2. The third kappa shape index (κ3) is 4.39. The van der Waals surface area contributed by atoms with Gasteiger partial charge in [0, 0.05) is 20.7 Å². The van der Waals surface area contributed by atoms with Crippen molar-refractivity contribution in [2.75, 3.05) is 45.1 Å². The average Bonchev–Trinajstić information content (AvgIpc) is 2.36. The summed E-state index contributed by atoms with van der Waals surface area (Å²) in [7, 11) is 4.94. The van der Waals surface area contributed by atoms with Crippen LogP contribution >= 0.6 is 0 Å². The highest BCUT2D eigenvalue weighted by Crippen LogP contribution is 2.10. The SMILES string of the molecule is CNc1nc(NCC(C)COC)nc(OC)n1. The predicted octanol–water partition coefficient (Wildman–Crippen LogP) is 0.616. The van der Waals surface area contributed by atoms with Gasteiger partial charge in [0.05, 0.1) is 13.7 Å². The number of anilines is 2. The summed E-state index contributed by atoms with van der Waals surface area (Å²) in [6.07, 6.45) is 0. The number of hydrogen-bond donors (Lipinski definition) is 2. The van der Waals surface area contributed by atoms with E-state index in [4.69, 9.17) is 9.47 Å². The van der Waals surface area contributed by atoms with E-state index in [2.05, 4.69) is 32.5 Å². The first-order valence-electron chi connectivity index (χ1n) is 5.40. The van der Waals surface area contributed by atoms with E-state index in [0.717, 1.165) is 6.54 Å². The van der Waals surface area contributed by atoms with Gasteiger partial charge in [0.2, 0.25) is 11.9 Å². The van der Waals surface area contributed by atoms with E-state index in [1.54, 1.807) is 14.2 Å². The molecule has 1 atom stereocenters. The number of ether oxygens (including phenoxy) is 2. The van der Waals surface area contributed by atoms with Crippen LogP contribution in [0.2, 0.25) is 0 Å². The van der Waals surface area contributed by atoms with E-state index in [9.17, 15) is 0 Å². The highest BCUT2D eigenvalue weighted by molar-refractivity contribution is 5.35. The maximum absolute atomic E-state index is 5.05. The Morgan fingerprint density at radius 1 is 1.18 bits per heavy atom. The summed E-state index contributed by atoms with van der Waals surface area (Å²) < 4.78 is 10.0. The number of nitrogens with zero attached hydrogens (tertiary/aromatic N) is 3. The molecule has 0 aliphatic rings. The molecule has 1 unspecified atom stereocenters. The van der Waals surface area contributed by atoms with E-state index in [0.29, 0.717) is 24.4 Å². The molecule has 0 fully saturated rings. The maximum atomic E-state index is 5.05. The van der Waals surface area contributed by atoms with Crippen molar-refractivity contribution >= 4 is 11.9 Å². The molecule has 2 N–H and O–H groups in total. The van der Waals surface area contributed by atoms with Crippen LogP contribution in [0.1, 0.15) is 6.92 Å². The Kier molecular flexibility index (Phi) is 5.41. The average molecular weight is 241 g/mol. The highest BCUT2D eigenvalue weighted by atomic mass is 16.5. The molecule has 1 aromatic heterocycles. The zero-order valence-corrected chi connectivity index (χ0v) is 10.6. The highest BCUT2D eigenvalue weighted by Gasteiger charge is 2.07. The van der Waals surface area contributed by atoms with Crippen molar-refractivity contribution in [3.63, 3.8) is 0 Å². The Hall–Kier alpha value is -1.63. The Bertz CT molecular complexity index is 325. The summed E-state index contributed by atoms with van der Waals surface area (Å²) in [4.78, 5) is 12.3. The molecule has 0 saturated heterocycles. The molecular weight excluding hydrogens is 222 g/mol. The Labute approximate surface area is 101 Å². The van der Waals surface area contributed by atoms with Crippen LogP contribution in [-0.2, 0) is 4.74 Å². The fraction of sp³-hybridized carbons (Fsp3) is 0.700. The minimum absolute atomic E-state index is 0.284. The molecule has 7 nitrogen and oxygen atoms in total. The number of nitrogens with one attached hydrogen (secondary N) is 2. The Morgan fingerprint density at radius 2 is 1.88 bits per heavy atom. The summed E-state index contributed by atoms with van der Waals surface area (Å²) in [6.45, 7) is 3.49. The second-order valence-electron chi connectivity index (χ2n) is 3.66. The summed E-state index contributed by atoms with van der Waals surface area (Å²) in [6, 6.07) is 0.284. The summed E-state index contributed by atoms with van der Waals surface area (Å²) >= 11 is 0. The van der Waals surface area contributed by atoms with Gasteiger partial charge in [-0.1, -0.05) is 6.92 Å². The lowest BCUT2D eigenvalue weighted by Gasteiger charge is -2.12. The number of aromatic nitrogens is 3. The van der Waals surface area contributed by atoms with Crippen LogP contribution < -0.4 is 15.4 Å². The van der Waals surface area contributed by atoms with E-state index in [-0.39, 0.29) is 6.01 Å². The standard InChI is InChI=1S/C10H19N5O2/c1-7(6-16-3)5-12-9-13-8(11-2)14-10(15-9)17-4/h7H,5-6H2,1-4H3,(H2,11,12,13,14,15). The monoisotopic (exact) mass is 241 g/mol. The van der Waals surface area contributed by atoms with E-state index in [1.807, 2.05) is 0 Å². The van der Waals surface area contributed by atoms with E-state index >= 15 is 0 Å². The molecule has 1 rings (SSSR count). The number of rotatable bonds is 7. The molecule has 0 aliphatic carbocycles. The molecule has 0 bridgehead atoms. The van der Waals surface area contributed by atoms with Crippen molar-refractivity contribution in [3.8, 4) is 6.01 Å². The van der Waals surface area contributed by atoms with Crippen LogP contribution in [0.15, 0.2) is 0 Å². The van der Waals surface area contributed by atoms with Crippen LogP contribution in [0.25, 0.3) is 0 Å². The van der Waals surface area contributed by atoms with E-state index in [1.165, 1.54) is 7.11 Å². The maximum Gasteiger partial charge on any atom is 0.322 e. The van der Waals surface area contributed by atoms with Gasteiger partial charge in [-0.2, -0.15) is 15.0 Å². The van der Waals surface area contributed by atoms with Gasteiger partial charge in [-0.25, -0.2) is 0 Å². The first-order chi connectivity index (χ1) is 8.19. The van der Waals surface area contributed by atoms with Crippen molar-refractivity contribution < 1.29 is 9.47 Å². The topological polar surface area (TPSA) is 81.2 Å². The Morgan fingerprint density at radius 3 is 2.47 bits per heavy atom. The predicted molar refractivity (Wildman–Crippen MR) is 65.5 cm³/mol. The van der Waals surface area contributed by atoms with Crippen LogP contribution in [0.4, 0.5) is 11.9 Å². The molecule has 96 valence electrons. The van der Waals surface area contributed by atoms with Gasteiger partial charge in [0.1, 0.15) is 0 Å². The van der Waals surface area contributed by atoms with Crippen LogP contribution in [-0.4, -0.2) is 49.4 Å². The lowest BCUT2D eigenvalue weighted by Crippen LogP contribution is -2.18. The lowest BCUT2D eigenvalue weighted by molar-refractivity contribution is 0.164. The fourth-order valence-electron chi connectivity index (χ4n) is 1.25. The van der Waals surface area contributed by atoms with E-state index < -0.39 is 0 Å². The molecule has 7 heteroatoms. The molecule has 0 aliphatic heterocycles. The molecular formula is C10H19N5O2. The third-order valence-electron chi connectivity index (χ3n) is 2.08. The number of hydrogen-bond acceptors (Lipinski definition) is 7. The fourth-order valence-corrected chi connectivity index (χ4v) is 1.25. The molecule has 0 radical (unpaired) electrons. The minimum atomic E-state index is 0.284. The van der Waals surface area contributed by atoms with Crippen LogP contribution in [0, 0.1) is 5.92 Å². The van der Waals surface area contributed by atoms with Gasteiger partial charge in [-0.3, -0.25) is 0 Å². The molecule has 0 amide bonds. The number of methoxy groups -OCH3 is 2. The smallest absolute Gasteiger partial charge is 0.322 e. The normalized spacial score (nSPS) is 12.0. The third-order valence-corrected chi connectivity index (χ3v) is 2.08. The van der Waals surface area contributed by atoms with Crippen molar-refractivity contribution in [2.45, 2.75) is 6.92 Å². The van der Waals surface area contributed by atoms with Crippen molar-refractivity contribution in [2.24, 2.45) is 5.92 Å². The van der Waals surface area contributed by atoms with Gasteiger partial charge in [-0.15, -0.1) is 0 Å². The molecule has 0 aromatic carbocycles. The largest absolute Gasteiger partial charge is 0.467 e.